The summed E-state index contributed by atoms with van der Waals surface area (Å²) < 4.78 is 25.8. The highest BCUT2D eigenvalue weighted by Crippen LogP contribution is 2.29. The van der Waals surface area contributed by atoms with E-state index in [1.54, 1.807) is 30.3 Å². The summed E-state index contributed by atoms with van der Waals surface area (Å²) in [6, 6.07) is 11.3. The minimum absolute atomic E-state index is 0.112. The fraction of sp³-hybridized carbons (Fsp3) is 0.263. The molecule has 1 saturated heterocycles. The Hall–Kier alpha value is -2.58. The number of nitrogens with one attached hydrogen (secondary N) is 2. The molecule has 1 heterocycles. The fourth-order valence-corrected chi connectivity index (χ4v) is 4.85. The SMILES string of the molecule is CC(=O)Nc1ccc(NC(=O)c2ccc(N3CCCCS3(=O)=O)cc2Cl)cc1. The number of sulfonamides is 1. The number of hydrogen-bond acceptors (Lipinski definition) is 4. The average molecular weight is 422 g/mol. The van der Waals surface area contributed by atoms with E-state index in [1.807, 2.05) is 0 Å². The molecule has 1 aliphatic rings. The number of halogens is 1. The minimum atomic E-state index is -3.34. The van der Waals surface area contributed by atoms with Crippen LogP contribution >= 0.6 is 11.6 Å². The number of hydrogen-bond donors (Lipinski definition) is 2. The Balaban J connectivity index is 1.75. The van der Waals surface area contributed by atoms with Crippen LogP contribution in [0.3, 0.4) is 0 Å². The first-order chi connectivity index (χ1) is 13.3. The van der Waals surface area contributed by atoms with Crippen LogP contribution in [0.5, 0.6) is 0 Å². The van der Waals surface area contributed by atoms with E-state index in [1.165, 1.54) is 23.4 Å². The third-order valence-electron chi connectivity index (χ3n) is 4.30. The second-order valence-electron chi connectivity index (χ2n) is 6.47. The lowest BCUT2D eigenvalue weighted by Gasteiger charge is -2.28. The first kappa shape index (κ1) is 20.2. The van der Waals surface area contributed by atoms with E-state index < -0.39 is 15.9 Å². The molecular weight excluding hydrogens is 402 g/mol. The highest BCUT2D eigenvalue weighted by Gasteiger charge is 2.26. The molecule has 1 fully saturated rings. The predicted molar refractivity (Wildman–Crippen MR) is 111 cm³/mol. The molecule has 1 aliphatic heterocycles. The van der Waals surface area contributed by atoms with Crippen molar-refractivity contribution in [1.82, 2.24) is 0 Å². The molecule has 0 bridgehead atoms. The number of carbonyl (C=O) groups excluding carboxylic acids is 2. The van der Waals surface area contributed by atoms with Crippen LogP contribution < -0.4 is 14.9 Å². The van der Waals surface area contributed by atoms with Gasteiger partial charge in [-0.05, 0) is 55.3 Å². The van der Waals surface area contributed by atoms with Crippen molar-refractivity contribution in [2.75, 3.05) is 27.2 Å². The van der Waals surface area contributed by atoms with Crippen molar-refractivity contribution in [1.29, 1.82) is 0 Å². The summed E-state index contributed by atoms with van der Waals surface area (Å²) in [6.45, 7) is 1.82. The van der Waals surface area contributed by atoms with Gasteiger partial charge in [0.25, 0.3) is 5.91 Å². The predicted octanol–water partition coefficient (Wildman–Crippen LogP) is 3.48. The second-order valence-corrected chi connectivity index (χ2v) is 8.89. The molecule has 0 atom stereocenters. The van der Waals surface area contributed by atoms with Crippen LogP contribution in [0.1, 0.15) is 30.1 Å². The van der Waals surface area contributed by atoms with Crippen molar-refractivity contribution < 1.29 is 18.0 Å². The Morgan fingerprint density at radius 3 is 2.21 bits per heavy atom. The summed E-state index contributed by atoms with van der Waals surface area (Å²) in [5.74, 6) is -0.480. The van der Waals surface area contributed by atoms with Gasteiger partial charge in [0.05, 0.1) is 22.0 Å². The van der Waals surface area contributed by atoms with Crippen molar-refractivity contribution in [3.05, 3.63) is 53.1 Å². The molecule has 2 amide bonds. The van der Waals surface area contributed by atoms with Gasteiger partial charge in [0, 0.05) is 24.8 Å². The zero-order chi connectivity index (χ0) is 20.3. The van der Waals surface area contributed by atoms with Crippen LogP contribution in [0.4, 0.5) is 17.1 Å². The lowest BCUT2D eigenvalue weighted by atomic mass is 10.1. The van der Waals surface area contributed by atoms with E-state index in [4.69, 9.17) is 11.6 Å². The van der Waals surface area contributed by atoms with Gasteiger partial charge in [-0.1, -0.05) is 11.6 Å². The van der Waals surface area contributed by atoms with Crippen LogP contribution in [-0.2, 0) is 14.8 Å². The van der Waals surface area contributed by atoms with E-state index in [0.29, 0.717) is 30.0 Å². The Labute approximate surface area is 168 Å². The number of benzene rings is 2. The molecule has 3 rings (SSSR count). The summed E-state index contributed by atoms with van der Waals surface area (Å²) >= 11 is 6.26. The topological polar surface area (TPSA) is 95.6 Å². The molecule has 0 spiro atoms. The van der Waals surface area contributed by atoms with E-state index in [0.717, 1.165) is 6.42 Å². The summed E-state index contributed by atoms with van der Waals surface area (Å²) in [4.78, 5) is 23.6. The van der Waals surface area contributed by atoms with Gasteiger partial charge in [-0.25, -0.2) is 8.42 Å². The zero-order valence-corrected chi connectivity index (χ0v) is 16.8. The lowest BCUT2D eigenvalue weighted by Crippen LogP contribution is -2.37. The second kappa shape index (κ2) is 8.20. The third-order valence-corrected chi connectivity index (χ3v) is 6.48. The van der Waals surface area contributed by atoms with E-state index >= 15 is 0 Å². The van der Waals surface area contributed by atoms with E-state index in [-0.39, 0.29) is 22.2 Å². The molecule has 0 aliphatic carbocycles. The van der Waals surface area contributed by atoms with Gasteiger partial charge in [-0.2, -0.15) is 0 Å². The van der Waals surface area contributed by atoms with Crippen LogP contribution in [0.25, 0.3) is 0 Å². The molecule has 148 valence electrons. The maximum Gasteiger partial charge on any atom is 0.257 e. The van der Waals surface area contributed by atoms with Crippen molar-refractivity contribution in [2.24, 2.45) is 0 Å². The monoisotopic (exact) mass is 421 g/mol. The molecule has 2 aromatic rings. The van der Waals surface area contributed by atoms with Crippen molar-refractivity contribution in [3.63, 3.8) is 0 Å². The Kier molecular flexibility index (Phi) is 5.90. The number of amides is 2. The average Bonchev–Trinajstić information content (AvgIpc) is 2.62. The number of nitrogens with zero attached hydrogens (tertiary/aromatic N) is 1. The van der Waals surface area contributed by atoms with Gasteiger partial charge in [0.1, 0.15) is 0 Å². The molecular formula is C19H20ClN3O4S. The normalized spacial score (nSPS) is 15.7. The highest BCUT2D eigenvalue weighted by atomic mass is 35.5. The molecule has 2 N–H and O–H groups in total. The van der Waals surface area contributed by atoms with Gasteiger partial charge in [0.2, 0.25) is 15.9 Å². The van der Waals surface area contributed by atoms with E-state index in [9.17, 15) is 18.0 Å². The Bertz CT molecular complexity index is 1010. The van der Waals surface area contributed by atoms with Crippen LogP contribution in [0.2, 0.25) is 5.02 Å². The largest absolute Gasteiger partial charge is 0.326 e. The molecule has 7 nitrogen and oxygen atoms in total. The fourth-order valence-electron chi connectivity index (χ4n) is 2.96. The van der Waals surface area contributed by atoms with Crippen molar-refractivity contribution >= 4 is 50.5 Å². The van der Waals surface area contributed by atoms with Gasteiger partial charge in [-0.3, -0.25) is 13.9 Å². The standard InChI is InChI=1S/C19H20ClN3O4S/c1-13(24)21-14-4-6-15(7-5-14)22-19(25)17-9-8-16(12-18(17)20)23-10-2-3-11-28(23,26)27/h4-9,12H,2-3,10-11H2,1H3,(H,21,24)(H,22,25). The Morgan fingerprint density at radius 1 is 1.00 bits per heavy atom. The lowest BCUT2D eigenvalue weighted by molar-refractivity contribution is -0.114. The highest BCUT2D eigenvalue weighted by molar-refractivity contribution is 7.92. The summed E-state index contributed by atoms with van der Waals surface area (Å²) in [5.41, 5.74) is 1.86. The summed E-state index contributed by atoms with van der Waals surface area (Å²) in [6.07, 6.45) is 1.43. The van der Waals surface area contributed by atoms with Gasteiger partial charge >= 0.3 is 0 Å². The molecule has 0 saturated carbocycles. The molecule has 0 unspecified atom stereocenters. The number of rotatable bonds is 4. The first-order valence-electron chi connectivity index (χ1n) is 8.75. The molecule has 0 radical (unpaired) electrons. The quantitative estimate of drug-likeness (QED) is 0.789. The minimum Gasteiger partial charge on any atom is -0.326 e. The van der Waals surface area contributed by atoms with Gasteiger partial charge in [0.15, 0.2) is 0 Å². The van der Waals surface area contributed by atoms with Crippen LogP contribution in [0.15, 0.2) is 42.5 Å². The maximum absolute atomic E-state index is 12.5. The molecule has 2 aromatic carbocycles. The summed E-state index contributed by atoms with van der Waals surface area (Å²) in [5, 5.41) is 5.54. The van der Waals surface area contributed by atoms with Gasteiger partial charge < -0.3 is 10.6 Å². The molecule has 0 aromatic heterocycles. The maximum atomic E-state index is 12.5. The molecule has 28 heavy (non-hydrogen) atoms. The number of carbonyl (C=O) groups is 2. The van der Waals surface area contributed by atoms with E-state index in [2.05, 4.69) is 10.6 Å². The molecule has 9 heteroatoms. The van der Waals surface area contributed by atoms with Gasteiger partial charge in [-0.15, -0.1) is 0 Å². The first-order valence-corrected chi connectivity index (χ1v) is 10.7. The summed E-state index contributed by atoms with van der Waals surface area (Å²) in [7, 11) is -3.34. The third kappa shape index (κ3) is 4.63. The van der Waals surface area contributed by atoms with Crippen LogP contribution in [-0.4, -0.2) is 32.5 Å². The zero-order valence-electron chi connectivity index (χ0n) is 15.2. The van der Waals surface area contributed by atoms with Crippen molar-refractivity contribution in [2.45, 2.75) is 19.8 Å². The van der Waals surface area contributed by atoms with Crippen molar-refractivity contribution in [3.8, 4) is 0 Å². The Morgan fingerprint density at radius 2 is 1.64 bits per heavy atom. The smallest absolute Gasteiger partial charge is 0.257 e. The van der Waals surface area contributed by atoms with Crippen LogP contribution in [0, 0.1) is 0 Å². The number of anilines is 3.